The zero-order valence-corrected chi connectivity index (χ0v) is 12.5. The van der Waals surface area contributed by atoms with Crippen LogP contribution in [0.15, 0.2) is 0 Å². The van der Waals surface area contributed by atoms with Crippen LogP contribution in [0.25, 0.3) is 0 Å². The second kappa shape index (κ2) is 8.96. The molecule has 1 saturated heterocycles. The summed E-state index contributed by atoms with van der Waals surface area (Å²) in [5, 5.41) is 76.2. The van der Waals surface area contributed by atoms with E-state index in [2.05, 4.69) is 0 Å². The third-order valence-corrected chi connectivity index (χ3v) is 3.66. The Bertz CT molecular complexity index is 408. The van der Waals surface area contributed by atoms with Gasteiger partial charge in [0.15, 0.2) is 12.4 Å². The highest BCUT2D eigenvalue weighted by molar-refractivity contribution is 5.79. The van der Waals surface area contributed by atoms with E-state index in [1.165, 1.54) is 0 Å². The lowest BCUT2D eigenvalue weighted by molar-refractivity contribution is -0.326. The summed E-state index contributed by atoms with van der Waals surface area (Å²) < 4.78 is 10.1. The number of nitrogens with two attached hydrogens (primary N) is 1. The van der Waals surface area contributed by atoms with E-state index in [1.54, 1.807) is 0 Å². The van der Waals surface area contributed by atoms with Crippen LogP contribution in [0.2, 0.25) is 0 Å². The fraction of sp³-hybridized carbons (Fsp3) is 0.917. The summed E-state index contributed by atoms with van der Waals surface area (Å²) in [7, 11) is 0. The number of hydrogen-bond acceptors (Lipinski definition) is 11. The molecule has 12 nitrogen and oxygen atoms in total. The molecule has 1 heterocycles. The number of hydrogen-bond donors (Lipinski definition) is 9. The van der Waals surface area contributed by atoms with E-state index in [1.807, 2.05) is 0 Å². The van der Waals surface area contributed by atoms with Crippen molar-refractivity contribution in [1.29, 1.82) is 0 Å². The second-order valence-corrected chi connectivity index (χ2v) is 5.39. The fourth-order valence-electron chi connectivity index (χ4n) is 2.19. The number of ether oxygens (including phenoxy) is 2. The Labute approximate surface area is 136 Å². The Balaban J connectivity index is 2.94. The summed E-state index contributed by atoms with van der Waals surface area (Å²) in [4.78, 5) is 10.9. The maximum absolute atomic E-state index is 10.9. The van der Waals surface area contributed by atoms with Gasteiger partial charge in [-0.25, -0.2) is 0 Å². The van der Waals surface area contributed by atoms with Gasteiger partial charge in [0.25, 0.3) is 0 Å². The van der Waals surface area contributed by atoms with Gasteiger partial charge in [-0.1, -0.05) is 0 Å². The molecule has 24 heavy (non-hydrogen) atoms. The van der Waals surface area contributed by atoms with Crippen molar-refractivity contribution in [3.8, 4) is 0 Å². The zero-order chi connectivity index (χ0) is 18.6. The minimum absolute atomic E-state index is 0.746. The number of aliphatic hydroxyl groups excluding tert-OH is 8. The van der Waals surface area contributed by atoms with Crippen molar-refractivity contribution in [2.75, 3.05) is 13.2 Å². The molecule has 0 aromatic rings. The highest BCUT2D eigenvalue weighted by Crippen LogP contribution is 2.24. The van der Waals surface area contributed by atoms with Crippen LogP contribution < -0.4 is 5.73 Å². The SMILES string of the molecule is NC(=O)C(O)C(O)C(OC1OC(CO)C(O)C(O)C1O)C(O)CO. The summed E-state index contributed by atoms with van der Waals surface area (Å²) >= 11 is 0. The summed E-state index contributed by atoms with van der Waals surface area (Å²) in [6, 6.07) is 0. The molecular formula is C12H23NO11. The van der Waals surface area contributed by atoms with E-state index >= 15 is 0 Å². The van der Waals surface area contributed by atoms with Crippen LogP contribution in [-0.2, 0) is 14.3 Å². The zero-order valence-electron chi connectivity index (χ0n) is 12.5. The highest BCUT2D eigenvalue weighted by atomic mass is 16.7. The van der Waals surface area contributed by atoms with Gasteiger partial charge in [0.05, 0.1) is 13.2 Å². The third kappa shape index (κ3) is 4.58. The van der Waals surface area contributed by atoms with E-state index in [4.69, 9.17) is 25.4 Å². The Kier molecular flexibility index (Phi) is 7.88. The van der Waals surface area contributed by atoms with Crippen LogP contribution in [0.3, 0.4) is 0 Å². The standard InChI is InChI=1S/C12H23NO11/c13-11(22)8(20)7(19)10(3(16)1-14)24-12-9(21)6(18)5(17)4(2-15)23-12/h3-10,12,14-21H,1-2H2,(H2,13,22). The predicted molar refractivity (Wildman–Crippen MR) is 72.9 cm³/mol. The van der Waals surface area contributed by atoms with Crippen LogP contribution >= 0.6 is 0 Å². The number of aliphatic hydroxyl groups is 8. The molecule has 1 aliphatic heterocycles. The van der Waals surface area contributed by atoms with E-state index in [0.717, 1.165) is 0 Å². The quantitative estimate of drug-likeness (QED) is 0.198. The summed E-state index contributed by atoms with van der Waals surface area (Å²) in [5.41, 5.74) is 4.83. The van der Waals surface area contributed by atoms with Crippen LogP contribution in [-0.4, -0.2) is 115 Å². The average molecular weight is 357 g/mol. The molecule has 1 rings (SSSR count). The first kappa shape index (κ1) is 21.1. The van der Waals surface area contributed by atoms with Crippen molar-refractivity contribution >= 4 is 5.91 Å². The van der Waals surface area contributed by atoms with Crippen molar-refractivity contribution in [2.45, 2.75) is 55.1 Å². The Morgan fingerprint density at radius 2 is 1.67 bits per heavy atom. The Hall–Kier alpha value is -0.930. The van der Waals surface area contributed by atoms with Crippen molar-refractivity contribution in [2.24, 2.45) is 5.73 Å². The van der Waals surface area contributed by atoms with Crippen LogP contribution in [0.5, 0.6) is 0 Å². The lowest BCUT2D eigenvalue weighted by atomic mass is 9.98. The number of carbonyl (C=O) groups excluding carboxylic acids is 1. The van der Waals surface area contributed by atoms with Crippen LogP contribution in [0.4, 0.5) is 0 Å². The molecular weight excluding hydrogens is 334 g/mol. The molecule has 0 bridgehead atoms. The van der Waals surface area contributed by atoms with E-state index < -0.39 is 74.2 Å². The van der Waals surface area contributed by atoms with Crippen molar-refractivity contribution in [3.63, 3.8) is 0 Å². The summed E-state index contributed by atoms with van der Waals surface area (Å²) in [6.07, 6.45) is -16.3. The first-order chi connectivity index (χ1) is 11.1. The van der Waals surface area contributed by atoms with Crippen LogP contribution in [0.1, 0.15) is 0 Å². The van der Waals surface area contributed by atoms with Crippen LogP contribution in [0, 0.1) is 0 Å². The van der Waals surface area contributed by atoms with Gasteiger partial charge in [-0.2, -0.15) is 0 Å². The third-order valence-electron chi connectivity index (χ3n) is 3.66. The molecule has 1 fully saturated rings. The number of rotatable bonds is 8. The predicted octanol–water partition coefficient (Wildman–Crippen LogP) is -6.27. The van der Waals surface area contributed by atoms with Gasteiger partial charge >= 0.3 is 0 Å². The molecule has 10 N–H and O–H groups in total. The monoisotopic (exact) mass is 357 g/mol. The van der Waals surface area contributed by atoms with Gasteiger partial charge in [-0.15, -0.1) is 0 Å². The van der Waals surface area contributed by atoms with Crippen molar-refractivity contribution in [1.82, 2.24) is 0 Å². The van der Waals surface area contributed by atoms with E-state index in [0.29, 0.717) is 0 Å². The molecule has 0 aromatic heterocycles. The van der Waals surface area contributed by atoms with Gasteiger partial charge in [0.2, 0.25) is 5.91 Å². The van der Waals surface area contributed by atoms with E-state index in [-0.39, 0.29) is 0 Å². The molecule has 9 atom stereocenters. The minimum Gasteiger partial charge on any atom is -0.394 e. The largest absolute Gasteiger partial charge is 0.394 e. The Morgan fingerprint density at radius 3 is 2.12 bits per heavy atom. The van der Waals surface area contributed by atoms with Gasteiger partial charge in [-0.3, -0.25) is 4.79 Å². The number of carbonyl (C=O) groups is 1. The molecule has 12 heteroatoms. The molecule has 0 radical (unpaired) electrons. The lowest BCUT2D eigenvalue weighted by Crippen LogP contribution is -2.62. The van der Waals surface area contributed by atoms with Gasteiger partial charge in [0, 0.05) is 0 Å². The highest BCUT2D eigenvalue weighted by Gasteiger charge is 2.47. The normalized spacial score (nSPS) is 35.9. The number of amides is 1. The second-order valence-electron chi connectivity index (χ2n) is 5.39. The first-order valence-corrected chi connectivity index (χ1v) is 7.06. The maximum Gasteiger partial charge on any atom is 0.249 e. The lowest BCUT2D eigenvalue weighted by Gasteiger charge is -2.42. The van der Waals surface area contributed by atoms with Gasteiger partial charge < -0.3 is 56.1 Å². The molecule has 1 aliphatic rings. The maximum atomic E-state index is 10.9. The smallest absolute Gasteiger partial charge is 0.249 e. The summed E-state index contributed by atoms with van der Waals surface area (Å²) in [5.74, 6) is -1.34. The van der Waals surface area contributed by atoms with Crippen molar-refractivity contribution in [3.05, 3.63) is 0 Å². The fourth-order valence-corrected chi connectivity index (χ4v) is 2.19. The first-order valence-electron chi connectivity index (χ1n) is 7.06. The summed E-state index contributed by atoms with van der Waals surface area (Å²) in [6.45, 7) is -1.70. The number of primary amides is 1. The topological polar surface area (TPSA) is 223 Å². The van der Waals surface area contributed by atoms with Crippen molar-refractivity contribution < 1.29 is 55.1 Å². The average Bonchev–Trinajstić information content (AvgIpc) is 2.57. The molecule has 0 aliphatic carbocycles. The molecule has 142 valence electrons. The van der Waals surface area contributed by atoms with Gasteiger partial charge in [-0.05, 0) is 0 Å². The molecule has 0 spiro atoms. The Morgan fingerprint density at radius 1 is 1.08 bits per heavy atom. The van der Waals surface area contributed by atoms with Gasteiger partial charge in [0.1, 0.15) is 42.7 Å². The van der Waals surface area contributed by atoms with E-state index in [9.17, 15) is 35.4 Å². The molecule has 0 aromatic carbocycles. The minimum atomic E-state index is -2.17. The molecule has 0 saturated carbocycles. The molecule has 9 unspecified atom stereocenters. The molecule has 1 amide bonds.